The van der Waals surface area contributed by atoms with E-state index in [9.17, 15) is 14.4 Å². The van der Waals surface area contributed by atoms with Crippen LogP contribution in [0.3, 0.4) is 0 Å². The summed E-state index contributed by atoms with van der Waals surface area (Å²) in [6, 6.07) is 19.3. The third kappa shape index (κ3) is 8.73. The van der Waals surface area contributed by atoms with Crippen molar-refractivity contribution in [1.29, 1.82) is 5.26 Å². The Balaban J connectivity index is 0.00000480. The van der Waals surface area contributed by atoms with Gasteiger partial charge in [-0.2, -0.15) is 5.26 Å². The van der Waals surface area contributed by atoms with E-state index in [1.54, 1.807) is 29.2 Å². The molecule has 2 aromatic heterocycles. The Morgan fingerprint density at radius 1 is 0.929 bits per heavy atom. The molecule has 0 radical (unpaired) electrons. The van der Waals surface area contributed by atoms with Gasteiger partial charge in [-0.15, -0.1) is 22.6 Å². The summed E-state index contributed by atoms with van der Waals surface area (Å²) in [6.45, 7) is 5.34. The molecular formula is C41H47Cl2N9O4. The Bertz CT molecular complexity index is 2080. The number of imide groups is 1. The minimum atomic E-state index is -0.354. The maximum absolute atomic E-state index is 13.0. The normalized spacial score (nSPS) is 21.3. The number of carbonyl (C=O) groups excluding carboxylic acids is 3. The Labute approximate surface area is 337 Å². The lowest BCUT2D eigenvalue weighted by Gasteiger charge is -2.42. The van der Waals surface area contributed by atoms with Gasteiger partial charge in [0.15, 0.2) is 11.5 Å². The number of rotatable bonds is 9. The van der Waals surface area contributed by atoms with Crippen molar-refractivity contribution in [2.45, 2.75) is 82.5 Å². The zero-order valence-electron chi connectivity index (χ0n) is 31.2. The van der Waals surface area contributed by atoms with E-state index in [0.717, 1.165) is 106 Å². The number of nitrogens with one attached hydrogen (secondary N) is 2. The van der Waals surface area contributed by atoms with Crippen LogP contribution >= 0.6 is 24.0 Å². The standard InChI is InChI=1S/C41H46ClN9O4.ClH/c42-34-24-32(7-4-28(34)25-43)55-31-8-5-29(6-9-31)44-40(53)35-10-11-38(47-46-35)49-20-14-30(15-21-49)48-18-12-27(13-19-48)26-50-22-16-33-36(50)2-1-3-37(33)51-23-17-39(52)45-41(51)54;/h1-4,7,10-11,16,22,24,27,29-31H,5-6,8-9,12-15,17-21,23,26H2,(H,44,53)(H,45,52,54);1H. The number of likely N-dealkylation sites (tertiary alicyclic amines) is 1. The molecule has 0 bridgehead atoms. The molecule has 4 aliphatic rings. The van der Waals surface area contributed by atoms with Gasteiger partial charge >= 0.3 is 6.03 Å². The summed E-state index contributed by atoms with van der Waals surface area (Å²) >= 11 is 6.15. The van der Waals surface area contributed by atoms with E-state index in [4.69, 9.17) is 21.6 Å². The molecule has 3 saturated heterocycles. The molecule has 8 rings (SSSR count). The van der Waals surface area contributed by atoms with Crippen molar-refractivity contribution < 1.29 is 19.1 Å². The highest BCUT2D eigenvalue weighted by atomic mass is 35.5. The Morgan fingerprint density at radius 3 is 2.41 bits per heavy atom. The molecule has 3 aliphatic heterocycles. The number of nitriles is 1. The Morgan fingerprint density at radius 2 is 1.71 bits per heavy atom. The van der Waals surface area contributed by atoms with Crippen molar-refractivity contribution in [3.63, 3.8) is 0 Å². The molecule has 13 nitrogen and oxygen atoms in total. The molecule has 1 aliphatic carbocycles. The first-order chi connectivity index (χ1) is 26.8. The fraction of sp³-hybridized carbons (Fsp3) is 0.463. The van der Waals surface area contributed by atoms with E-state index < -0.39 is 0 Å². The largest absolute Gasteiger partial charge is 0.490 e. The fourth-order valence-electron chi connectivity index (χ4n) is 8.69. The molecule has 4 amide bonds. The zero-order chi connectivity index (χ0) is 37.9. The summed E-state index contributed by atoms with van der Waals surface area (Å²) in [7, 11) is 0. The van der Waals surface area contributed by atoms with Crippen molar-refractivity contribution >= 4 is 64.3 Å². The topological polar surface area (TPSA) is 149 Å². The van der Waals surface area contributed by atoms with Gasteiger partial charge in [-0.25, -0.2) is 4.79 Å². The third-order valence-electron chi connectivity index (χ3n) is 11.8. The number of carbonyl (C=O) groups is 3. The lowest BCUT2D eigenvalue weighted by Crippen LogP contribution is -2.49. The predicted molar refractivity (Wildman–Crippen MR) is 217 cm³/mol. The number of fused-ring (bicyclic) bond motifs is 1. The second-order valence-corrected chi connectivity index (χ2v) is 15.6. The molecule has 2 N–H and O–H groups in total. The molecule has 0 atom stereocenters. The van der Waals surface area contributed by atoms with Crippen LogP contribution in [0.25, 0.3) is 10.9 Å². The summed E-state index contributed by atoms with van der Waals surface area (Å²) in [5, 5.41) is 24.8. The summed E-state index contributed by atoms with van der Waals surface area (Å²) in [5.41, 5.74) is 2.72. The van der Waals surface area contributed by atoms with Crippen LogP contribution < -0.4 is 25.2 Å². The average molecular weight is 801 g/mol. The molecule has 15 heteroatoms. The quantitative estimate of drug-likeness (QED) is 0.198. The van der Waals surface area contributed by atoms with Gasteiger partial charge in [0.25, 0.3) is 5.91 Å². The van der Waals surface area contributed by atoms with E-state index >= 15 is 0 Å². The number of nitrogens with zero attached hydrogens (tertiary/aromatic N) is 7. The smallest absolute Gasteiger partial charge is 0.328 e. The maximum Gasteiger partial charge on any atom is 0.328 e. The number of amides is 4. The van der Waals surface area contributed by atoms with Crippen LogP contribution in [-0.2, 0) is 11.3 Å². The van der Waals surface area contributed by atoms with E-state index in [2.05, 4.69) is 59.6 Å². The molecule has 2 aromatic carbocycles. The number of ether oxygens (including phenoxy) is 1. The van der Waals surface area contributed by atoms with Gasteiger partial charge in [0, 0.05) is 62.3 Å². The average Bonchev–Trinajstić information content (AvgIpc) is 3.62. The van der Waals surface area contributed by atoms with Gasteiger partial charge in [-0.3, -0.25) is 19.8 Å². The summed E-state index contributed by atoms with van der Waals surface area (Å²) in [4.78, 5) is 43.8. The van der Waals surface area contributed by atoms with Gasteiger partial charge in [0.2, 0.25) is 5.91 Å². The molecule has 294 valence electrons. The fourth-order valence-corrected chi connectivity index (χ4v) is 8.90. The van der Waals surface area contributed by atoms with Gasteiger partial charge in [-0.1, -0.05) is 17.7 Å². The summed E-state index contributed by atoms with van der Waals surface area (Å²) in [6.07, 6.45) is 10.1. The molecule has 0 unspecified atom stereocenters. The van der Waals surface area contributed by atoms with E-state index in [0.29, 0.717) is 47.0 Å². The Kier molecular flexibility index (Phi) is 12.3. The molecule has 56 heavy (non-hydrogen) atoms. The highest BCUT2D eigenvalue weighted by Crippen LogP contribution is 2.32. The number of aromatic nitrogens is 3. The number of hydrogen-bond acceptors (Lipinski definition) is 9. The number of hydrogen-bond donors (Lipinski definition) is 2. The van der Waals surface area contributed by atoms with E-state index in [1.165, 1.54) is 0 Å². The van der Waals surface area contributed by atoms with Gasteiger partial charge in [-0.05, 0) is 113 Å². The van der Waals surface area contributed by atoms with Gasteiger partial charge < -0.3 is 24.4 Å². The number of benzene rings is 2. The van der Waals surface area contributed by atoms with Crippen molar-refractivity contribution in [3.05, 3.63) is 77.1 Å². The van der Waals surface area contributed by atoms with Crippen LogP contribution in [0.2, 0.25) is 5.02 Å². The third-order valence-corrected chi connectivity index (χ3v) is 12.1. The van der Waals surface area contributed by atoms with Crippen LogP contribution in [0.15, 0.2) is 60.8 Å². The first-order valence-electron chi connectivity index (χ1n) is 19.5. The highest BCUT2D eigenvalue weighted by molar-refractivity contribution is 6.31. The SMILES string of the molecule is Cl.N#Cc1ccc(OC2CCC(NC(=O)c3ccc(N4CCC(N5CCC(Cn6ccc7c(N8CCC(=O)NC8=O)cccc76)CC5)CC4)nn3)CC2)cc1Cl. The molecule has 0 spiro atoms. The summed E-state index contributed by atoms with van der Waals surface area (Å²) in [5.74, 6) is 1.62. The molecule has 4 fully saturated rings. The second kappa shape index (κ2) is 17.5. The number of anilines is 2. The minimum absolute atomic E-state index is 0. The van der Waals surface area contributed by atoms with Crippen molar-refractivity contribution in [3.8, 4) is 11.8 Å². The number of urea groups is 1. The summed E-state index contributed by atoms with van der Waals surface area (Å²) < 4.78 is 8.41. The van der Waals surface area contributed by atoms with Crippen molar-refractivity contribution in [1.82, 2.24) is 30.3 Å². The second-order valence-electron chi connectivity index (χ2n) is 15.2. The Hall–Kier alpha value is -4.90. The monoisotopic (exact) mass is 799 g/mol. The van der Waals surface area contributed by atoms with Gasteiger partial charge in [0.05, 0.1) is 27.9 Å². The lowest BCUT2D eigenvalue weighted by atomic mass is 9.92. The first-order valence-corrected chi connectivity index (χ1v) is 19.9. The minimum Gasteiger partial charge on any atom is -0.490 e. The van der Waals surface area contributed by atoms with Crippen molar-refractivity contribution in [2.75, 3.05) is 42.5 Å². The van der Waals surface area contributed by atoms with Crippen LogP contribution in [-0.4, -0.2) is 88.4 Å². The van der Waals surface area contributed by atoms with Crippen LogP contribution in [0, 0.1) is 17.2 Å². The van der Waals surface area contributed by atoms with Crippen LogP contribution in [0.4, 0.5) is 16.3 Å². The lowest BCUT2D eigenvalue weighted by molar-refractivity contribution is -0.120. The highest BCUT2D eigenvalue weighted by Gasteiger charge is 2.31. The predicted octanol–water partition coefficient (Wildman–Crippen LogP) is 6.33. The van der Waals surface area contributed by atoms with Crippen LogP contribution in [0.5, 0.6) is 5.75 Å². The zero-order valence-corrected chi connectivity index (χ0v) is 32.8. The van der Waals surface area contributed by atoms with Crippen molar-refractivity contribution in [2.24, 2.45) is 5.92 Å². The molecule has 5 heterocycles. The molecule has 1 saturated carbocycles. The molecule has 4 aromatic rings. The number of halogens is 2. The van der Waals surface area contributed by atoms with E-state index in [-0.39, 0.29) is 42.4 Å². The van der Waals surface area contributed by atoms with E-state index in [1.807, 2.05) is 18.2 Å². The number of piperidine rings is 2. The van der Waals surface area contributed by atoms with Gasteiger partial charge in [0.1, 0.15) is 11.8 Å². The molecular weight excluding hydrogens is 753 g/mol. The first kappa shape index (κ1) is 39.3. The van der Waals surface area contributed by atoms with Crippen LogP contribution in [0.1, 0.15) is 73.8 Å². The maximum atomic E-state index is 13.0.